The first kappa shape index (κ1) is 18.9. The van der Waals surface area contributed by atoms with Gasteiger partial charge in [0.2, 0.25) is 15.7 Å². The Balaban J connectivity index is 2.01. The molecule has 0 atom stereocenters. The second-order valence-electron chi connectivity index (χ2n) is 5.76. The molecule has 0 spiro atoms. The van der Waals surface area contributed by atoms with Crippen molar-refractivity contribution < 1.29 is 13.2 Å². The number of anilines is 1. The number of halogens is 1. The van der Waals surface area contributed by atoms with Crippen molar-refractivity contribution in [3.8, 4) is 6.07 Å². The summed E-state index contributed by atoms with van der Waals surface area (Å²) in [6, 6.07) is 13.0. The van der Waals surface area contributed by atoms with E-state index in [9.17, 15) is 18.5 Å². The molecule has 0 aliphatic carbocycles. The lowest BCUT2D eigenvalue weighted by molar-refractivity contribution is -0.114. The highest BCUT2D eigenvalue weighted by molar-refractivity contribution is 9.10. The van der Waals surface area contributed by atoms with E-state index < -0.39 is 9.84 Å². The fraction of sp³-hybridized carbons (Fsp3) is 0.0526. The van der Waals surface area contributed by atoms with Crippen LogP contribution in [0.25, 0.3) is 17.0 Å². The Labute approximate surface area is 164 Å². The Bertz CT molecular complexity index is 1200. The highest BCUT2D eigenvalue weighted by Gasteiger charge is 2.21. The first-order valence-corrected chi connectivity index (χ1v) is 10.1. The molecule has 136 valence electrons. The highest BCUT2D eigenvalue weighted by atomic mass is 79.9. The minimum atomic E-state index is -3.99. The molecule has 27 heavy (non-hydrogen) atoms. The van der Waals surface area contributed by atoms with Crippen LogP contribution in [0.1, 0.15) is 12.5 Å². The van der Waals surface area contributed by atoms with Gasteiger partial charge < -0.3 is 10.3 Å². The number of fused-ring (bicyclic) bond motifs is 1. The first-order valence-electron chi connectivity index (χ1n) is 7.82. The van der Waals surface area contributed by atoms with Gasteiger partial charge in [-0.05, 0) is 42.5 Å². The Morgan fingerprint density at radius 2 is 1.93 bits per heavy atom. The van der Waals surface area contributed by atoms with Crippen molar-refractivity contribution in [2.75, 3.05) is 5.32 Å². The minimum Gasteiger partial charge on any atom is -0.361 e. The quantitative estimate of drug-likeness (QED) is 0.588. The molecule has 1 heterocycles. The predicted molar refractivity (Wildman–Crippen MR) is 108 cm³/mol. The Hall–Kier alpha value is -2.89. The smallest absolute Gasteiger partial charge is 0.221 e. The summed E-state index contributed by atoms with van der Waals surface area (Å²) in [4.78, 5) is 13.7. The Morgan fingerprint density at radius 3 is 2.56 bits per heavy atom. The van der Waals surface area contributed by atoms with E-state index in [1.807, 2.05) is 18.2 Å². The lowest BCUT2D eigenvalue weighted by Crippen LogP contribution is -2.07. The number of amides is 1. The van der Waals surface area contributed by atoms with E-state index in [1.165, 1.54) is 37.3 Å². The summed E-state index contributed by atoms with van der Waals surface area (Å²) < 4.78 is 26.5. The number of H-pyrrole nitrogens is 1. The van der Waals surface area contributed by atoms with Gasteiger partial charge in [0.05, 0.1) is 4.90 Å². The van der Waals surface area contributed by atoms with Gasteiger partial charge in [0.15, 0.2) is 0 Å². The molecule has 2 N–H and O–H groups in total. The molecule has 0 saturated carbocycles. The fourth-order valence-electron chi connectivity index (χ4n) is 2.60. The molecule has 8 heteroatoms. The number of carbonyl (C=O) groups is 1. The van der Waals surface area contributed by atoms with Crippen LogP contribution in [0.2, 0.25) is 0 Å². The maximum Gasteiger partial charge on any atom is 0.221 e. The average Bonchev–Trinajstić information content (AvgIpc) is 3.01. The van der Waals surface area contributed by atoms with Crippen molar-refractivity contribution >= 4 is 54.3 Å². The van der Waals surface area contributed by atoms with E-state index in [0.29, 0.717) is 11.3 Å². The Kier molecular flexibility index (Phi) is 5.17. The normalized spacial score (nSPS) is 12.0. The van der Waals surface area contributed by atoms with Crippen LogP contribution in [0.3, 0.4) is 0 Å². The van der Waals surface area contributed by atoms with Gasteiger partial charge in [0, 0.05) is 39.7 Å². The monoisotopic (exact) mass is 443 g/mol. The summed E-state index contributed by atoms with van der Waals surface area (Å²) in [5.74, 6) is -0.255. The molecule has 0 aliphatic heterocycles. The van der Waals surface area contributed by atoms with Gasteiger partial charge in [-0.1, -0.05) is 22.0 Å². The summed E-state index contributed by atoms with van der Waals surface area (Å²) in [5, 5.41) is 12.8. The summed E-state index contributed by atoms with van der Waals surface area (Å²) in [5.41, 5.74) is 1.91. The molecule has 1 amide bonds. The number of carbonyl (C=O) groups excluding carboxylic acids is 1. The number of nitrogens with one attached hydrogen (secondary N) is 2. The molecule has 1 aromatic heterocycles. The van der Waals surface area contributed by atoms with E-state index >= 15 is 0 Å². The first-order chi connectivity index (χ1) is 12.8. The maximum atomic E-state index is 12.8. The van der Waals surface area contributed by atoms with E-state index in [4.69, 9.17) is 0 Å². The van der Waals surface area contributed by atoms with Gasteiger partial charge >= 0.3 is 0 Å². The fourth-order valence-corrected chi connectivity index (χ4v) is 4.11. The average molecular weight is 444 g/mol. The van der Waals surface area contributed by atoms with Crippen molar-refractivity contribution in [2.45, 2.75) is 11.8 Å². The van der Waals surface area contributed by atoms with Crippen molar-refractivity contribution in [1.29, 1.82) is 5.26 Å². The Morgan fingerprint density at radius 1 is 1.22 bits per heavy atom. The zero-order chi connectivity index (χ0) is 19.6. The summed E-state index contributed by atoms with van der Waals surface area (Å²) in [6.45, 7) is 1.36. The van der Waals surface area contributed by atoms with Gasteiger partial charge in [-0.15, -0.1) is 0 Å². The molecule has 3 aromatic rings. The van der Waals surface area contributed by atoms with Crippen molar-refractivity contribution in [1.82, 2.24) is 4.98 Å². The second-order valence-corrected chi connectivity index (χ2v) is 8.60. The van der Waals surface area contributed by atoms with E-state index in [2.05, 4.69) is 26.2 Å². The molecule has 6 nitrogen and oxygen atoms in total. The number of nitrogens with zero attached hydrogens (tertiary/aromatic N) is 1. The van der Waals surface area contributed by atoms with Crippen LogP contribution in [-0.2, 0) is 14.6 Å². The van der Waals surface area contributed by atoms with Crippen LogP contribution in [0.5, 0.6) is 0 Å². The van der Waals surface area contributed by atoms with Gasteiger partial charge in [0.25, 0.3) is 0 Å². The molecule has 0 radical (unpaired) electrons. The van der Waals surface area contributed by atoms with Gasteiger partial charge in [0.1, 0.15) is 11.0 Å². The highest BCUT2D eigenvalue weighted by Crippen LogP contribution is 2.27. The van der Waals surface area contributed by atoms with Gasteiger partial charge in [-0.25, -0.2) is 8.42 Å². The molecule has 0 fully saturated rings. The van der Waals surface area contributed by atoms with Crippen LogP contribution in [0.15, 0.2) is 62.9 Å². The predicted octanol–water partition coefficient (Wildman–Crippen LogP) is 4.23. The third-order valence-corrected chi connectivity index (χ3v) is 6.02. The molecular weight excluding hydrogens is 430 g/mol. The lowest BCUT2D eigenvalue weighted by Gasteiger charge is -2.05. The molecule has 0 unspecified atom stereocenters. The van der Waals surface area contributed by atoms with E-state index in [-0.39, 0.29) is 15.7 Å². The molecule has 3 rings (SSSR count). The lowest BCUT2D eigenvalue weighted by atomic mass is 10.1. The number of benzene rings is 2. The van der Waals surface area contributed by atoms with Crippen molar-refractivity contribution in [3.63, 3.8) is 0 Å². The third-order valence-electron chi connectivity index (χ3n) is 3.85. The zero-order valence-corrected chi connectivity index (χ0v) is 16.6. The van der Waals surface area contributed by atoms with Gasteiger partial charge in [-0.3, -0.25) is 4.79 Å². The standard InChI is InChI=1S/C19H14BrN3O3S/c1-12(24)23-15-3-5-16(6-4-15)27(25,26)17(10-21)8-13-11-22-19-9-14(20)2-7-18(13)19/h2-9,11,22H,1H3,(H,23,24)/b17-8+. The number of hydrogen-bond donors (Lipinski definition) is 2. The van der Waals surface area contributed by atoms with Crippen molar-refractivity contribution in [2.24, 2.45) is 0 Å². The third kappa shape index (κ3) is 3.94. The van der Waals surface area contributed by atoms with Crippen molar-refractivity contribution in [3.05, 3.63) is 63.6 Å². The summed E-state index contributed by atoms with van der Waals surface area (Å²) >= 11 is 3.38. The number of hydrogen-bond acceptors (Lipinski definition) is 4. The SMILES string of the molecule is CC(=O)Nc1ccc(S(=O)(=O)/C(C#N)=C/c2c[nH]c3cc(Br)ccc23)cc1. The molecule has 0 aliphatic rings. The van der Waals surface area contributed by atoms with Crippen LogP contribution < -0.4 is 5.32 Å². The van der Waals surface area contributed by atoms with Crippen LogP contribution >= 0.6 is 15.9 Å². The summed E-state index contributed by atoms with van der Waals surface area (Å²) in [6.07, 6.45) is 3.01. The van der Waals surface area contributed by atoms with Crippen LogP contribution in [-0.4, -0.2) is 19.3 Å². The topological polar surface area (TPSA) is 103 Å². The molecule has 0 bridgehead atoms. The second kappa shape index (κ2) is 7.39. The number of allylic oxidation sites excluding steroid dienone is 1. The number of sulfone groups is 1. The molecule has 0 saturated heterocycles. The number of nitriles is 1. The number of aromatic nitrogens is 1. The zero-order valence-electron chi connectivity index (χ0n) is 14.2. The van der Waals surface area contributed by atoms with E-state index in [0.717, 1.165) is 15.4 Å². The van der Waals surface area contributed by atoms with Crippen LogP contribution in [0, 0.1) is 11.3 Å². The van der Waals surface area contributed by atoms with Crippen LogP contribution in [0.4, 0.5) is 5.69 Å². The minimum absolute atomic E-state index is 0.0213. The van der Waals surface area contributed by atoms with E-state index in [1.54, 1.807) is 12.3 Å². The molecule has 2 aromatic carbocycles. The van der Waals surface area contributed by atoms with Gasteiger partial charge in [-0.2, -0.15) is 5.26 Å². The number of aromatic amines is 1. The molecular formula is C19H14BrN3O3S. The number of rotatable bonds is 4. The maximum absolute atomic E-state index is 12.8. The largest absolute Gasteiger partial charge is 0.361 e. The summed E-state index contributed by atoms with van der Waals surface area (Å²) in [7, 11) is -3.99.